The molecule has 2 heterocycles. The fraction of sp³-hybridized carbons (Fsp3) is 0.231. The Bertz CT molecular complexity index is 568. The molecule has 1 aromatic heterocycles. The maximum atomic E-state index is 11.4. The van der Waals surface area contributed by atoms with E-state index in [1.54, 1.807) is 0 Å². The number of esters is 1. The van der Waals surface area contributed by atoms with Gasteiger partial charge in [-0.05, 0) is 11.6 Å². The van der Waals surface area contributed by atoms with E-state index in [4.69, 9.17) is 4.74 Å². The smallest absolute Gasteiger partial charge is 0.349 e. The Kier molecular flexibility index (Phi) is 2.76. The topological polar surface area (TPSA) is 48.4 Å². The fourth-order valence-electron chi connectivity index (χ4n) is 1.95. The minimum absolute atomic E-state index is 0.0918. The molecule has 0 saturated heterocycles. The van der Waals surface area contributed by atoms with Gasteiger partial charge in [-0.15, -0.1) is 11.3 Å². The minimum Gasteiger partial charge on any atom is -0.483 e. The second-order valence-electron chi connectivity index (χ2n) is 3.97. The maximum Gasteiger partial charge on any atom is 0.349 e. The Morgan fingerprint density at radius 1 is 1.50 bits per heavy atom. The van der Waals surface area contributed by atoms with Gasteiger partial charge in [0, 0.05) is 6.42 Å². The lowest BCUT2D eigenvalue weighted by atomic mass is 10.1. The first kappa shape index (κ1) is 11.2. The first-order valence-electron chi connectivity index (χ1n) is 5.56. The van der Waals surface area contributed by atoms with Gasteiger partial charge in [0.15, 0.2) is 6.10 Å². The van der Waals surface area contributed by atoms with Crippen molar-refractivity contribution in [3.05, 3.63) is 45.9 Å². The van der Waals surface area contributed by atoms with Crippen LogP contribution >= 0.6 is 11.3 Å². The van der Waals surface area contributed by atoms with E-state index in [1.807, 2.05) is 24.3 Å². The van der Waals surface area contributed by atoms with Crippen LogP contribution in [0.15, 0.2) is 30.5 Å². The Labute approximate surface area is 108 Å². The second-order valence-corrected chi connectivity index (χ2v) is 5.03. The third-order valence-corrected chi connectivity index (χ3v) is 3.90. The highest BCUT2D eigenvalue weighted by molar-refractivity contribution is 7.13. The second kappa shape index (κ2) is 4.42. The summed E-state index contributed by atoms with van der Waals surface area (Å²) in [7, 11) is 1.36. The molecule has 5 heteroatoms. The van der Waals surface area contributed by atoms with Crippen molar-refractivity contribution in [1.29, 1.82) is 0 Å². The molecule has 0 bridgehead atoms. The molecular weight excluding hydrogens is 250 g/mol. The lowest BCUT2D eigenvalue weighted by molar-refractivity contribution is 0.0606. The van der Waals surface area contributed by atoms with Gasteiger partial charge in [-0.1, -0.05) is 18.2 Å². The number of hydrogen-bond donors (Lipinski definition) is 0. The van der Waals surface area contributed by atoms with Crippen molar-refractivity contribution >= 4 is 17.3 Å². The summed E-state index contributed by atoms with van der Waals surface area (Å²) in [6, 6.07) is 7.93. The van der Waals surface area contributed by atoms with Crippen LogP contribution in [0.4, 0.5) is 0 Å². The number of nitrogens with zero attached hydrogens (tertiary/aromatic N) is 1. The molecule has 1 aliphatic heterocycles. The van der Waals surface area contributed by atoms with Crippen molar-refractivity contribution < 1.29 is 14.3 Å². The van der Waals surface area contributed by atoms with Crippen molar-refractivity contribution in [2.75, 3.05) is 7.11 Å². The summed E-state index contributed by atoms with van der Waals surface area (Å²) in [6.07, 6.45) is 2.24. The normalized spacial score (nSPS) is 17.1. The zero-order chi connectivity index (χ0) is 12.5. The Morgan fingerprint density at radius 3 is 3.11 bits per heavy atom. The van der Waals surface area contributed by atoms with Gasteiger partial charge in [0.2, 0.25) is 0 Å². The van der Waals surface area contributed by atoms with Crippen LogP contribution in [0.5, 0.6) is 5.75 Å². The van der Waals surface area contributed by atoms with Gasteiger partial charge < -0.3 is 9.47 Å². The van der Waals surface area contributed by atoms with Crippen molar-refractivity contribution in [2.45, 2.75) is 12.5 Å². The number of methoxy groups -OCH3 is 1. The zero-order valence-electron chi connectivity index (χ0n) is 9.75. The van der Waals surface area contributed by atoms with Crippen LogP contribution in [-0.2, 0) is 11.2 Å². The van der Waals surface area contributed by atoms with E-state index in [2.05, 4.69) is 9.72 Å². The van der Waals surface area contributed by atoms with Crippen molar-refractivity contribution in [1.82, 2.24) is 4.98 Å². The molecule has 0 amide bonds. The SMILES string of the molecule is COC(=O)c1cnc(C2Cc3ccccc3O2)s1. The number of fused-ring (bicyclic) bond motifs is 1. The highest BCUT2D eigenvalue weighted by Crippen LogP contribution is 2.37. The molecular formula is C13H11NO3S. The summed E-state index contributed by atoms with van der Waals surface area (Å²) in [5, 5.41) is 0.812. The molecule has 18 heavy (non-hydrogen) atoms. The van der Waals surface area contributed by atoms with Gasteiger partial charge in [0.25, 0.3) is 0 Å². The molecule has 4 nitrogen and oxygen atoms in total. The number of thiazole rings is 1. The number of ether oxygens (including phenoxy) is 2. The number of para-hydroxylation sites is 1. The lowest BCUT2D eigenvalue weighted by Crippen LogP contribution is -2.02. The predicted molar refractivity (Wildman–Crippen MR) is 67.0 cm³/mol. The molecule has 92 valence electrons. The van der Waals surface area contributed by atoms with Crippen LogP contribution in [0.2, 0.25) is 0 Å². The maximum absolute atomic E-state index is 11.4. The lowest BCUT2D eigenvalue weighted by Gasteiger charge is -2.05. The van der Waals surface area contributed by atoms with Gasteiger partial charge in [-0.3, -0.25) is 0 Å². The number of benzene rings is 1. The van der Waals surface area contributed by atoms with Gasteiger partial charge in [-0.2, -0.15) is 0 Å². The van der Waals surface area contributed by atoms with Gasteiger partial charge >= 0.3 is 5.97 Å². The predicted octanol–water partition coefficient (Wildman–Crippen LogP) is 2.61. The van der Waals surface area contributed by atoms with Crippen LogP contribution in [0.3, 0.4) is 0 Å². The van der Waals surface area contributed by atoms with Gasteiger partial charge in [0.05, 0.1) is 13.3 Å². The van der Waals surface area contributed by atoms with Crippen LogP contribution < -0.4 is 4.74 Å². The van der Waals surface area contributed by atoms with E-state index in [0.717, 1.165) is 17.2 Å². The first-order chi connectivity index (χ1) is 8.78. The molecule has 0 N–H and O–H groups in total. The van der Waals surface area contributed by atoms with Gasteiger partial charge in [-0.25, -0.2) is 9.78 Å². The summed E-state index contributed by atoms with van der Waals surface area (Å²) in [4.78, 5) is 16.1. The van der Waals surface area contributed by atoms with Crippen LogP contribution in [0.25, 0.3) is 0 Å². The van der Waals surface area contributed by atoms with Crippen LogP contribution in [-0.4, -0.2) is 18.1 Å². The number of hydrogen-bond acceptors (Lipinski definition) is 5. The molecule has 0 spiro atoms. The summed E-state index contributed by atoms with van der Waals surface area (Å²) in [6.45, 7) is 0. The third-order valence-electron chi connectivity index (χ3n) is 2.83. The van der Waals surface area contributed by atoms with E-state index < -0.39 is 0 Å². The molecule has 2 aromatic rings. The number of carbonyl (C=O) groups excluding carboxylic acids is 1. The quantitative estimate of drug-likeness (QED) is 0.780. The number of rotatable bonds is 2. The van der Waals surface area contributed by atoms with E-state index >= 15 is 0 Å². The molecule has 3 rings (SSSR count). The van der Waals surface area contributed by atoms with E-state index in [1.165, 1.54) is 30.2 Å². The molecule has 0 fully saturated rings. The summed E-state index contributed by atoms with van der Waals surface area (Å²) < 4.78 is 10.5. The Morgan fingerprint density at radius 2 is 2.33 bits per heavy atom. The number of aromatic nitrogens is 1. The van der Waals surface area contributed by atoms with E-state index in [-0.39, 0.29) is 12.1 Å². The Hall–Kier alpha value is -1.88. The summed E-state index contributed by atoms with van der Waals surface area (Å²) in [5.74, 6) is 0.548. The van der Waals surface area contributed by atoms with Crippen molar-refractivity contribution in [3.8, 4) is 5.75 Å². The molecule has 0 saturated carbocycles. The minimum atomic E-state index is -0.353. The molecule has 0 radical (unpaired) electrons. The molecule has 1 aliphatic rings. The zero-order valence-corrected chi connectivity index (χ0v) is 10.6. The largest absolute Gasteiger partial charge is 0.483 e. The first-order valence-corrected chi connectivity index (χ1v) is 6.38. The van der Waals surface area contributed by atoms with E-state index in [0.29, 0.717) is 4.88 Å². The monoisotopic (exact) mass is 261 g/mol. The van der Waals surface area contributed by atoms with Crippen molar-refractivity contribution in [2.24, 2.45) is 0 Å². The van der Waals surface area contributed by atoms with Crippen LogP contribution in [0.1, 0.15) is 26.3 Å². The third kappa shape index (κ3) is 1.86. The fourth-order valence-corrected chi connectivity index (χ4v) is 2.82. The number of carbonyl (C=O) groups is 1. The van der Waals surface area contributed by atoms with Crippen molar-refractivity contribution in [3.63, 3.8) is 0 Å². The van der Waals surface area contributed by atoms with Crippen LogP contribution in [0, 0.1) is 0 Å². The highest BCUT2D eigenvalue weighted by Gasteiger charge is 2.27. The average molecular weight is 261 g/mol. The van der Waals surface area contributed by atoms with Gasteiger partial charge in [0.1, 0.15) is 15.6 Å². The summed E-state index contributed by atoms with van der Waals surface area (Å²) >= 11 is 1.32. The highest BCUT2D eigenvalue weighted by atomic mass is 32.1. The summed E-state index contributed by atoms with van der Waals surface area (Å²) in [5.41, 5.74) is 1.18. The Balaban J connectivity index is 1.82. The standard InChI is InChI=1S/C13H11NO3S/c1-16-13(15)11-7-14-12(18-11)10-6-8-4-2-3-5-9(8)17-10/h2-5,7,10H,6H2,1H3. The molecule has 1 atom stereocenters. The molecule has 1 unspecified atom stereocenters. The molecule has 0 aliphatic carbocycles. The average Bonchev–Trinajstić information content (AvgIpc) is 3.03. The molecule has 1 aromatic carbocycles. The van der Waals surface area contributed by atoms with E-state index in [9.17, 15) is 4.79 Å².